The van der Waals surface area contributed by atoms with Crippen molar-refractivity contribution < 1.29 is 32.7 Å². The Morgan fingerprint density at radius 2 is 2.11 bits per heavy atom. The van der Waals surface area contributed by atoms with Gasteiger partial charge in [0.15, 0.2) is 0 Å². The third-order valence-electron chi connectivity index (χ3n) is 1.70. The van der Waals surface area contributed by atoms with Crippen LogP contribution < -0.4 is 4.74 Å². The Balaban J connectivity index is 3.49. The number of aromatic carboxylic acids is 1. The maximum Gasteiger partial charge on any atom is 0.573 e. The maximum absolute atomic E-state index is 12.0. The molecule has 10 heteroatoms. The van der Waals surface area contributed by atoms with E-state index < -0.39 is 34.4 Å². The number of carboxylic acid groups (broad SMARTS) is 1. The third-order valence-corrected chi connectivity index (χ3v) is 1.70. The highest BCUT2D eigenvalue weighted by Crippen LogP contribution is 2.34. The monoisotopic (exact) mass is 266 g/mol. The Bertz CT molecular complexity index is 514. The van der Waals surface area contributed by atoms with Gasteiger partial charge in [-0.15, -0.1) is 13.2 Å². The van der Waals surface area contributed by atoms with E-state index in [1.807, 2.05) is 0 Å². The number of hydrogen-bond acceptors (Lipinski definition) is 5. The first kappa shape index (κ1) is 13.7. The topological polar surface area (TPSA) is 103 Å². The summed E-state index contributed by atoms with van der Waals surface area (Å²) in [6.07, 6.45) is -5.17. The lowest BCUT2D eigenvalue weighted by atomic mass is 10.2. The average molecular weight is 266 g/mol. The summed E-state index contributed by atoms with van der Waals surface area (Å²) in [5.74, 6) is -3.03. The van der Waals surface area contributed by atoms with E-state index in [1.165, 1.54) is 6.92 Å². The number of carboxylic acids is 1. The molecule has 0 saturated carbocycles. The molecule has 18 heavy (non-hydrogen) atoms. The second kappa shape index (κ2) is 4.47. The first-order valence-electron chi connectivity index (χ1n) is 4.27. The molecule has 1 aromatic heterocycles. The van der Waals surface area contributed by atoms with Crippen LogP contribution in [0.2, 0.25) is 0 Å². The van der Waals surface area contributed by atoms with E-state index in [-0.39, 0.29) is 5.69 Å². The SMILES string of the molecule is Cc1cc(OC(F)(F)F)c([N+](=O)[O-])c(C(=O)O)n1. The molecular weight excluding hydrogens is 261 g/mol. The number of aryl methyl sites for hydroxylation is 1. The lowest BCUT2D eigenvalue weighted by Crippen LogP contribution is -2.19. The van der Waals surface area contributed by atoms with Gasteiger partial charge < -0.3 is 9.84 Å². The molecule has 0 aliphatic rings. The fraction of sp³-hybridized carbons (Fsp3) is 0.250. The van der Waals surface area contributed by atoms with Crippen molar-refractivity contribution in [2.45, 2.75) is 13.3 Å². The number of hydrogen-bond donors (Lipinski definition) is 1. The fourth-order valence-electron chi connectivity index (χ4n) is 1.16. The van der Waals surface area contributed by atoms with Crippen LogP contribution in [0.4, 0.5) is 18.9 Å². The minimum absolute atomic E-state index is 0.155. The minimum Gasteiger partial charge on any atom is -0.476 e. The van der Waals surface area contributed by atoms with Gasteiger partial charge in [-0.1, -0.05) is 0 Å². The summed E-state index contributed by atoms with van der Waals surface area (Å²) < 4.78 is 39.5. The number of nitrogens with zero attached hydrogens (tertiary/aromatic N) is 2. The van der Waals surface area contributed by atoms with Crippen molar-refractivity contribution in [1.29, 1.82) is 0 Å². The number of nitro groups is 1. The molecule has 0 aliphatic carbocycles. The zero-order valence-corrected chi connectivity index (χ0v) is 8.69. The Labute approximate surface area is 97.0 Å². The fourth-order valence-corrected chi connectivity index (χ4v) is 1.16. The molecular formula is C8H5F3N2O5. The smallest absolute Gasteiger partial charge is 0.476 e. The summed E-state index contributed by atoms with van der Waals surface area (Å²) in [5.41, 5.74) is -2.61. The van der Waals surface area contributed by atoms with Crippen molar-refractivity contribution >= 4 is 11.7 Å². The molecule has 1 rings (SSSR count). The molecule has 0 aromatic carbocycles. The van der Waals surface area contributed by atoms with Crippen LogP contribution in [0.3, 0.4) is 0 Å². The van der Waals surface area contributed by atoms with Crippen LogP contribution in [-0.2, 0) is 0 Å². The number of halogens is 3. The molecule has 1 aromatic rings. The molecule has 0 amide bonds. The first-order chi connectivity index (χ1) is 8.11. The predicted octanol–water partition coefficient (Wildman–Crippen LogP) is 1.90. The number of pyridine rings is 1. The number of ether oxygens (including phenoxy) is 1. The van der Waals surface area contributed by atoms with Gasteiger partial charge in [0.05, 0.1) is 4.92 Å². The predicted molar refractivity (Wildman–Crippen MR) is 49.3 cm³/mol. The van der Waals surface area contributed by atoms with Crippen LogP contribution in [0.5, 0.6) is 5.75 Å². The molecule has 0 fully saturated rings. The van der Waals surface area contributed by atoms with E-state index in [9.17, 15) is 28.1 Å². The van der Waals surface area contributed by atoms with Gasteiger partial charge in [0, 0.05) is 11.8 Å². The Morgan fingerprint density at radius 3 is 2.50 bits per heavy atom. The van der Waals surface area contributed by atoms with Gasteiger partial charge in [-0.25, -0.2) is 9.78 Å². The summed E-state index contributed by atoms with van der Waals surface area (Å²) in [4.78, 5) is 23.3. The van der Waals surface area contributed by atoms with Gasteiger partial charge in [0.25, 0.3) is 0 Å². The molecule has 1 N–H and O–H groups in total. The molecule has 7 nitrogen and oxygen atoms in total. The highest BCUT2D eigenvalue weighted by Gasteiger charge is 2.37. The summed E-state index contributed by atoms with van der Waals surface area (Å²) >= 11 is 0. The van der Waals surface area contributed by atoms with Crippen LogP contribution in [-0.4, -0.2) is 27.3 Å². The van der Waals surface area contributed by atoms with E-state index in [0.717, 1.165) is 0 Å². The first-order valence-corrected chi connectivity index (χ1v) is 4.27. The van der Waals surface area contributed by atoms with Crippen molar-refractivity contribution in [3.05, 3.63) is 27.6 Å². The van der Waals surface area contributed by atoms with Gasteiger partial charge in [-0.05, 0) is 6.92 Å². The second-order valence-corrected chi connectivity index (χ2v) is 3.07. The van der Waals surface area contributed by atoms with Crippen LogP contribution in [0.1, 0.15) is 16.2 Å². The Kier molecular flexibility index (Phi) is 3.39. The van der Waals surface area contributed by atoms with Crippen molar-refractivity contribution in [3.63, 3.8) is 0 Å². The zero-order chi connectivity index (χ0) is 14.1. The van der Waals surface area contributed by atoms with Crippen LogP contribution in [0.15, 0.2) is 6.07 Å². The number of carbonyl (C=O) groups is 1. The van der Waals surface area contributed by atoms with Gasteiger partial charge >= 0.3 is 18.0 Å². The molecule has 0 spiro atoms. The molecule has 0 atom stereocenters. The summed E-state index contributed by atoms with van der Waals surface area (Å²) in [6, 6.07) is 0.637. The van der Waals surface area contributed by atoms with E-state index in [1.54, 1.807) is 0 Å². The van der Waals surface area contributed by atoms with E-state index in [4.69, 9.17) is 5.11 Å². The highest BCUT2D eigenvalue weighted by molar-refractivity contribution is 5.91. The number of aromatic nitrogens is 1. The van der Waals surface area contributed by atoms with E-state index in [2.05, 4.69) is 9.72 Å². The molecule has 0 unspecified atom stereocenters. The van der Waals surface area contributed by atoms with Crippen LogP contribution in [0, 0.1) is 17.0 Å². The quantitative estimate of drug-likeness (QED) is 0.662. The van der Waals surface area contributed by atoms with Crippen molar-refractivity contribution in [2.75, 3.05) is 0 Å². The van der Waals surface area contributed by atoms with Gasteiger partial charge in [-0.2, -0.15) is 0 Å². The maximum atomic E-state index is 12.0. The molecule has 0 saturated heterocycles. The normalized spacial score (nSPS) is 11.1. The molecule has 0 bridgehead atoms. The van der Waals surface area contributed by atoms with Gasteiger partial charge in [-0.3, -0.25) is 10.1 Å². The molecule has 1 heterocycles. The highest BCUT2D eigenvalue weighted by atomic mass is 19.4. The van der Waals surface area contributed by atoms with Crippen molar-refractivity contribution in [2.24, 2.45) is 0 Å². The van der Waals surface area contributed by atoms with Crippen molar-refractivity contribution in [1.82, 2.24) is 4.98 Å². The average Bonchev–Trinajstić information content (AvgIpc) is 2.12. The number of alkyl halides is 3. The number of rotatable bonds is 3. The zero-order valence-electron chi connectivity index (χ0n) is 8.69. The second-order valence-electron chi connectivity index (χ2n) is 3.07. The lowest BCUT2D eigenvalue weighted by molar-refractivity contribution is -0.389. The standard InChI is InChI=1S/C8H5F3N2O5/c1-3-2-4(18-8(9,10)11)6(13(16)17)5(12-3)7(14)15/h2H,1H3,(H,14,15). The van der Waals surface area contributed by atoms with E-state index >= 15 is 0 Å². The van der Waals surface area contributed by atoms with Crippen molar-refractivity contribution in [3.8, 4) is 5.75 Å². The summed E-state index contributed by atoms with van der Waals surface area (Å²) in [6.45, 7) is 1.18. The minimum atomic E-state index is -5.17. The molecule has 98 valence electrons. The molecule has 0 radical (unpaired) electrons. The third kappa shape index (κ3) is 3.06. The van der Waals surface area contributed by atoms with Gasteiger partial charge in [0.2, 0.25) is 11.4 Å². The largest absolute Gasteiger partial charge is 0.573 e. The Morgan fingerprint density at radius 1 is 1.56 bits per heavy atom. The van der Waals surface area contributed by atoms with Crippen LogP contribution >= 0.6 is 0 Å². The van der Waals surface area contributed by atoms with E-state index in [0.29, 0.717) is 6.07 Å². The van der Waals surface area contributed by atoms with Crippen LogP contribution in [0.25, 0.3) is 0 Å². The molecule has 0 aliphatic heterocycles. The lowest BCUT2D eigenvalue weighted by Gasteiger charge is -2.10. The van der Waals surface area contributed by atoms with Gasteiger partial charge in [0.1, 0.15) is 0 Å². The summed E-state index contributed by atoms with van der Waals surface area (Å²) in [7, 11) is 0. The Hall–Kier alpha value is -2.39. The summed E-state index contributed by atoms with van der Waals surface area (Å²) in [5, 5.41) is 19.3.